The highest BCUT2D eigenvalue weighted by Crippen LogP contribution is 2.25. The molecule has 0 aliphatic heterocycles. The maximum Gasteiger partial charge on any atom is 0.195 e. The van der Waals surface area contributed by atoms with Gasteiger partial charge in [0.05, 0.1) is 0 Å². The molecule has 0 amide bonds. The number of carbonyl (C=O) groups is 1. The topological polar surface area (TPSA) is 32.9 Å². The van der Waals surface area contributed by atoms with Gasteiger partial charge in [0.25, 0.3) is 0 Å². The van der Waals surface area contributed by atoms with Gasteiger partial charge in [0.1, 0.15) is 0 Å². The minimum Gasteiger partial charge on any atom is -0.360 e. The number of fused-ring (bicyclic) bond motifs is 1. The predicted molar refractivity (Wildman–Crippen MR) is 73.1 cm³/mol. The van der Waals surface area contributed by atoms with Crippen LogP contribution in [0.4, 0.5) is 13.2 Å². The number of rotatable bonds is 2. The van der Waals surface area contributed by atoms with Crippen LogP contribution >= 0.6 is 11.6 Å². The summed E-state index contributed by atoms with van der Waals surface area (Å²) in [6, 6.07) is 6.20. The van der Waals surface area contributed by atoms with Gasteiger partial charge in [0.15, 0.2) is 23.2 Å². The summed E-state index contributed by atoms with van der Waals surface area (Å²) in [5.41, 5.74) is 0.586. The van der Waals surface area contributed by atoms with Crippen molar-refractivity contribution in [2.45, 2.75) is 0 Å². The van der Waals surface area contributed by atoms with Crippen molar-refractivity contribution in [3.63, 3.8) is 0 Å². The monoisotopic (exact) mass is 309 g/mol. The van der Waals surface area contributed by atoms with E-state index in [2.05, 4.69) is 4.98 Å². The molecule has 0 radical (unpaired) electrons. The van der Waals surface area contributed by atoms with E-state index < -0.39 is 23.2 Å². The van der Waals surface area contributed by atoms with Crippen LogP contribution in [0.25, 0.3) is 10.9 Å². The van der Waals surface area contributed by atoms with Crippen molar-refractivity contribution >= 4 is 28.3 Å². The molecule has 2 nitrogen and oxygen atoms in total. The van der Waals surface area contributed by atoms with Crippen LogP contribution in [0.1, 0.15) is 15.9 Å². The minimum atomic E-state index is -1.60. The van der Waals surface area contributed by atoms with E-state index in [9.17, 15) is 18.0 Å². The zero-order chi connectivity index (χ0) is 15.1. The first-order chi connectivity index (χ1) is 9.97. The Morgan fingerprint density at radius 1 is 1.05 bits per heavy atom. The van der Waals surface area contributed by atoms with Crippen LogP contribution in [0, 0.1) is 17.5 Å². The zero-order valence-corrected chi connectivity index (χ0v) is 11.1. The lowest BCUT2D eigenvalue weighted by atomic mass is 10.0. The summed E-state index contributed by atoms with van der Waals surface area (Å²) in [7, 11) is 0. The van der Waals surface area contributed by atoms with Crippen LogP contribution in [0.2, 0.25) is 5.02 Å². The highest BCUT2D eigenvalue weighted by molar-refractivity contribution is 6.31. The second kappa shape index (κ2) is 4.93. The lowest BCUT2D eigenvalue weighted by Crippen LogP contribution is -2.04. The average Bonchev–Trinajstić information content (AvgIpc) is 2.86. The van der Waals surface area contributed by atoms with Crippen molar-refractivity contribution in [1.29, 1.82) is 0 Å². The van der Waals surface area contributed by atoms with E-state index in [-0.39, 0.29) is 11.1 Å². The molecular formula is C15H7ClF3NO. The molecular weight excluding hydrogens is 303 g/mol. The van der Waals surface area contributed by atoms with Gasteiger partial charge >= 0.3 is 0 Å². The number of nitrogens with one attached hydrogen (secondary N) is 1. The first kappa shape index (κ1) is 13.7. The van der Waals surface area contributed by atoms with Crippen LogP contribution in [0.3, 0.4) is 0 Å². The molecule has 1 heterocycles. The largest absolute Gasteiger partial charge is 0.360 e. The molecule has 0 unspecified atom stereocenters. The van der Waals surface area contributed by atoms with Crippen molar-refractivity contribution in [3.05, 3.63) is 70.1 Å². The summed E-state index contributed by atoms with van der Waals surface area (Å²) in [5.74, 6) is -5.01. The fourth-order valence-electron chi connectivity index (χ4n) is 2.13. The zero-order valence-electron chi connectivity index (χ0n) is 10.4. The predicted octanol–water partition coefficient (Wildman–Crippen LogP) is 4.47. The Kier molecular flexibility index (Phi) is 3.22. The maximum absolute atomic E-state index is 13.2. The molecule has 3 aromatic rings. The first-order valence-electron chi connectivity index (χ1n) is 5.93. The molecule has 21 heavy (non-hydrogen) atoms. The third-order valence-corrected chi connectivity index (χ3v) is 3.37. The van der Waals surface area contributed by atoms with Gasteiger partial charge in [-0.25, -0.2) is 13.2 Å². The van der Waals surface area contributed by atoms with Gasteiger partial charge < -0.3 is 4.98 Å². The molecule has 0 spiro atoms. The number of H-pyrrole nitrogens is 1. The van der Waals surface area contributed by atoms with Crippen molar-refractivity contribution in [2.24, 2.45) is 0 Å². The summed E-state index contributed by atoms with van der Waals surface area (Å²) >= 11 is 5.84. The Labute approximate surface area is 122 Å². The fraction of sp³-hybridized carbons (Fsp3) is 0. The molecule has 106 valence electrons. The van der Waals surface area contributed by atoms with Crippen molar-refractivity contribution in [2.75, 3.05) is 0 Å². The van der Waals surface area contributed by atoms with Gasteiger partial charge in [-0.1, -0.05) is 17.7 Å². The summed E-state index contributed by atoms with van der Waals surface area (Å²) in [6.07, 6.45) is 1.42. The Bertz CT molecular complexity index is 849. The number of benzene rings is 2. The van der Waals surface area contributed by atoms with Crippen molar-refractivity contribution < 1.29 is 18.0 Å². The molecule has 0 atom stereocenters. The quantitative estimate of drug-likeness (QED) is 0.550. The van der Waals surface area contributed by atoms with Crippen LogP contribution in [-0.4, -0.2) is 10.8 Å². The Morgan fingerprint density at radius 3 is 2.38 bits per heavy atom. The molecule has 0 aliphatic rings. The van der Waals surface area contributed by atoms with E-state index >= 15 is 0 Å². The van der Waals surface area contributed by atoms with E-state index in [1.54, 1.807) is 18.2 Å². The van der Waals surface area contributed by atoms with Crippen molar-refractivity contribution in [3.8, 4) is 0 Å². The lowest BCUT2D eigenvalue weighted by Gasteiger charge is -2.02. The maximum atomic E-state index is 13.2. The smallest absolute Gasteiger partial charge is 0.195 e. The van der Waals surface area contributed by atoms with Crippen molar-refractivity contribution in [1.82, 2.24) is 4.98 Å². The molecule has 0 aliphatic carbocycles. The molecule has 0 saturated carbocycles. The first-order valence-corrected chi connectivity index (χ1v) is 6.31. The number of aromatic nitrogens is 1. The second-order valence-electron chi connectivity index (χ2n) is 4.48. The van der Waals surface area contributed by atoms with E-state index in [0.29, 0.717) is 28.1 Å². The second-order valence-corrected chi connectivity index (χ2v) is 4.91. The molecule has 0 bridgehead atoms. The summed E-state index contributed by atoms with van der Waals surface area (Å²) < 4.78 is 39.4. The van der Waals surface area contributed by atoms with E-state index in [4.69, 9.17) is 11.6 Å². The average molecular weight is 310 g/mol. The van der Waals surface area contributed by atoms with E-state index in [1.807, 2.05) is 0 Å². The summed E-state index contributed by atoms with van der Waals surface area (Å²) in [6.45, 7) is 0. The molecule has 1 aromatic heterocycles. The Balaban J connectivity index is 2.13. The third kappa shape index (κ3) is 2.29. The van der Waals surface area contributed by atoms with Crippen LogP contribution < -0.4 is 0 Å². The molecule has 0 fully saturated rings. The standard InChI is InChI=1S/C15H7ClF3NO/c16-8-1-2-9-10(6-20-13(9)5-8)15(21)7-3-11(17)14(19)12(18)4-7/h1-6,20H. The van der Waals surface area contributed by atoms with Gasteiger partial charge in [-0.2, -0.15) is 0 Å². The molecule has 2 aromatic carbocycles. The molecule has 6 heteroatoms. The van der Waals surface area contributed by atoms with Gasteiger partial charge in [-0.3, -0.25) is 4.79 Å². The molecule has 0 saturated heterocycles. The lowest BCUT2D eigenvalue weighted by molar-refractivity contribution is 0.103. The highest BCUT2D eigenvalue weighted by atomic mass is 35.5. The third-order valence-electron chi connectivity index (χ3n) is 3.13. The number of aromatic amines is 1. The molecule has 3 rings (SSSR count). The van der Waals surface area contributed by atoms with Crippen LogP contribution in [0.15, 0.2) is 36.5 Å². The minimum absolute atomic E-state index is 0.229. The van der Waals surface area contributed by atoms with Crippen LogP contribution in [0.5, 0.6) is 0 Å². The Hall–Kier alpha value is -2.27. The number of carbonyl (C=O) groups excluding carboxylic acids is 1. The summed E-state index contributed by atoms with van der Waals surface area (Å²) in [5, 5.41) is 1.05. The van der Waals surface area contributed by atoms with E-state index in [1.165, 1.54) is 6.20 Å². The number of ketones is 1. The normalized spacial score (nSPS) is 11.0. The van der Waals surface area contributed by atoms with E-state index in [0.717, 1.165) is 0 Å². The fourth-order valence-corrected chi connectivity index (χ4v) is 2.30. The van der Waals surface area contributed by atoms with Gasteiger partial charge in [-0.05, 0) is 24.3 Å². The van der Waals surface area contributed by atoms with Gasteiger partial charge in [-0.15, -0.1) is 0 Å². The summed E-state index contributed by atoms with van der Waals surface area (Å²) in [4.78, 5) is 15.2. The van der Waals surface area contributed by atoms with Gasteiger partial charge in [0, 0.05) is 33.2 Å². The highest BCUT2D eigenvalue weighted by Gasteiger charge is 2.19. The number of hydrogen-bond donors (Lipinski definition) is 1. The number of hydrogen-bond acceptors (Lipinski definition) is 1. The van der Waals surface area contributed by atoms with Crippen LogP contribution in [-0.2, 0) is 0 Å². The molecule has 1 N–H and O–H groups in total. The van der Waals surface area contributed by atoms with Gasteiger partial charge in [0.2, 0.25) is 0 Å². The number of halogens is 4. The Morgan fingerprint density at radius 2 is 1.71 bits per heavy atom. The SMILES string of the molecule is O=C(c1cc(F)c(F)c(F)c1)c1c[nH]c2cc(Cl)ccc12.